The Bertz CT molecular complexity index is 2450. The van der Waals surface area contributed by atoms with E-state index in [9.17, 15) is 0 Å². The van der Waals surface area contributed by atoms with E-state index in [2.05, 4.69) is 144 Å². The summed E-state index contributed by atoms with van der Waals surface area (Å²) in [6.45, 7) is 0. The van der Waals surface area contributed by atoms with Crippen molar-refractivity contribution >= 4 is 81.3 Å². The van der Waals surface area contributed by atoms with Crippen LogP contribution < -0.4 is 4.90 Å². The Morgan fingerprint density at radius 2 is 1.09 bits per heavy atom. The molecule has 9 rings (SSSR count). The summed E-state index contributed by atoms with van der Waals surface area (Å²) >= 11 is 1.85. The van der Waals surface area contributed by atoms with Crippen LogP contribution in [0.15, 0.2) is 156 Å². The van der Waals surface area contributed by atoms with E-state index in [1.807, 2.05) is 23.5 Å². The van der Waals surface area contributed by atoms with E-state index in [4.69, 9.17) is 4.42 Å². The summed E-state index contributed by atoms with van der Waals surface area (Å²) in [4.78, 5) is 2.37. The summed E-state index contributed by atoms with van der Waals surface area (Å²) in [6, 6.07) is 54.4. The van der Waals surface area contributed by atoms with E-state index in [-0.39, 0.29) is 0 Å². The zero-order chi connectivity index (χ0) is 28.3. The van der Waals surface area contributed by atoms with Crippen molar-refractivity contribution in [1.29, 1.82) is 0 Å². The summed E-state index contributed by atoms with van der Waals surface area (Å²) < 4.78 is 8.80. The van der Waals surface area contributed by atoms with Gasteiger partial charge < -0.3 is 9.32 Å². The third kappa shape index (κ3) is 3.93. The molecule has 0 N–H and O–H groups in total. The van der Waals surface area contributed by atoms with Crippen LogP contribution in [0.5, 0.6) is 0 Å². The number of nitrogens with zero attached hydrogens (tertiary/aromatic N) is 1. The molecule has 202 valence electrons. The van der Waals surface area contributed by atoms with Gasteiger partial charge in [0, 0.05) is 48.0 Å². The molecule has 0 saturated heterocycles. The molecule has 7 aromatic carbocycles. The monoisotopic (exact) mass is 567 g/mol. The fraction of sp³-hybridized carbons (Fsp3) is 0. The Kier molecular flexibility index (Phi) is 5.40. The fourth-order valence-electron chi connectivity index (χ4n) is 6.41. The van der Waals surface area contributed by atoms with Crippen LogP contribution in [0.2, 0.25) is 0 Å². The molecule has 43 heavy (non-hydrogen) atoms. The van der Waals surface area contributed by atoms with Gasteiger partial charge in [0.15, 0.2) is 0 Å². The lowest BCUT2D eigenvalue weighted by molar-refractivity contribution is 0.669. The number of furan rings is 1. The van der Waals surface area contributed by atoms with Crippen LogP contribution in [0.1, 0.15) is 0 Å². The minimum Gasteiger partial charge on any atom is -0.456 e. The number of hydrogen-bond donors (Lipinski definition) is 0. The van der Waals surface area contributed by atoms with Gasteiger partial charge in [-0.3, -0.25) is 0 Å². The topological polar surface area (TPSA) is 16.4 Å². The summed E-state index contributed by atoms with van der Waals surface area (Å²) in [5, 5.41) is 7.30. The Hall–Kier alpha value is -5.38. The molecule has 0 aliphatic heterocycles. The summed E-state index contributed by atoms with van der Waals surface area (Å²) in [6.07, 6.45) is 0. The molecular formula is C40H25NOS. The average Bonchev–Trinajstić information content (AvgIpc) is 3.64. The molecule has 3 heteroatoms. The van der Waals surface area contributed by atoms with Crippen molar-refractivity contribution < 1.29 is 4.42 Å². The lowest BCUT2D eigenvalue weighted by atomic mass is 10.0. The van der Waals surface area contributed by atoms with E-state index in [1.165, 1.54) is 47.5 Å². The van der Waals surface area contributed by atoms with E-state index in [0.29, 0.717) is 0 Å². The highest BCUT2D eigenvalue weighted by Crippen LogP contribution is 2.43. The minimum atomic E-state index is 0.921. The van der Waals surface area contributed by atoms with Crippen molar-refractivity contribution in [1.82, 2.24) is 0 Å². The molecule has 0 spiro atoms. The van der Waals surface area contributed by atoms with Gasteiger partial charge in [0.2, 0.25) is 0 Å². The molecule has 2 nitrogen and oxygen atoms in total. The normalized spacial score (nSPS) is 11.7. The molecule has 0 aliphatic rings. The molecule has 0 unspecified atom stereocenters. The van der Waals surface area contributed by atoms with Crippen molar-refractivity contribution in [2.45, 2.75) is 0 Å². The number of para-hydroxylation sites is 1. The standard InChI is InChI=1S/C40H25NOS/c1-2-8-26(9-3-1)27-14-17-29(18-15-27)41(31-20-23-39-35(25-31)33-10-5-7-13-38(33)43-39)30-19-21-32-28(24-30)16-22-37-40(32)34-11-4-6-12-36(34)42-37/h1-25H. The van der Waals surface area contributed by atoms with Crippen LogP contribution in [0.3, 0.4) is 0 Å². The molecule has 0 fully saturated rings. The van der Waals surface area contributed by atoms with E-state index >= 15 is 0 Å². The molecule has 0 amide bonds. The predicted octanol–water partition coefficient (Wildman–Crippen LogP) is 12.2. The maximum absolute atomic E-state index is 6.18. The first-order valence-electron chi connectivity index (χ1n) is 14.5. The van der Waals surface area contributed by atoms with Crippen molar-refractivity contribution in [3.63, 3.8) is 0 Å². The number of fused-ring (bicyclic) bond motifs is 8. The fourth-order valence-corrected chi connectivity index (χ4v) is 7.50. The van der Waals surface area contributed by atoms with Crippen LogP contribution in [-0.4, -0.2) is 0 Å². The zero-order valence-corrected chi connectivity index (χ0v) is 24.0. The van der Waals surface area contributed by atoms with Gasteiger partial charge in [-0.15, -0.1) is 11.3 Å². The maximum atomic E-state index is 6.18. The third-order valence-corrected chi connectivity index (χ3v) is 9.60. The van der Waals surface area contributed by atoms with Crippen LogP contribution in [-0.2, 0) is 0 Å². The van der Waals surface area contributed by atoms with Gasteiger partial charge >= 0.3 is 0 Å². The molecule has 0 atom stereocenters. The summed E-state index contributed by atoms with van der Waals surface area (Å²) in [5.41, 5.74) is 7.64. The third-order valence-electron chi connectivity index (χ3n) is 8.45. The van der Waals surface area contributed by atoms with Gasteiger partial charge in [-0.2, -0.15) is 0 Å². The number of rotatable bonds is 4. The molecule has 0 bridgehead atoms. The Balaban J connectivity index is 1.24. The van der Waals surface area contributed by atoms with Gasteiger partial charge in [-0.25, -0.2) is 0 Å². The Labute approximate surface area is 252 Å². The largest absolute Gasteiger partial charge is 0.456 e. The quantitative estimate of drug-likeness (QED) is 0.210. The Morgan fingerprint density at radius 3 is 1.98 bits per heavy atom. The summed E-state index contributed by atoms with van der Waals surface area (Å²) in [5.74, 6) is 0. The zero-order valence-electron chi connectivity index (χ0n) is 23.2. The van der Waals surface area contributed by atoms with E-state index < -0.39 is 0 Å². The highest BCUT2D eigenvalue weighted by atomic mass is 32.1. The van der Waals surface area contributed by atoms with Crippen molar-refractivity contribution in [2.75, 3.05) is 4.90 Å². The smallest absolute Gasteiger partial charge is 0.136 e. The molecule has 2 heterocycles. The van der Waals surface area contributed by atoms with Gasteiger partial charge in [-0.1, -0.05) is 91.0 Å². The molecular weight excluding hydrogens is 543 g/mol. The molecule has 0 radical (unpaired) electrons. The molecule has 0 aliphatic carbocycles. The van der Waals surface area contributed by atoms with Crippen LogP contribution >= 0.6 is 11.3 Å². The van der Waals surface area contributed by atoms with Gasteiger partial charge in [0.25, 0.3) is 0 Å². The van der Waals surface area contributed by atoms with Gasteiger partial charge in [0.05, 0.1) is 0 Å². The minimum absolute atomic E-state index is 0.921. The second-order valence-corrected chi connectivity index (χ2v) is 12.1. The van der Waals surface area contributed by atoms with Crippen molar-refractivity contribution in [2.24, 2.45) is 0 Å². The molecule has 2 aromatic heterocycles. The lowest BCUT2D eigenvalue weighted by Crippen LogP contribution is -2.09. The molecule has 0 saturated carbocycles. The number of anilines is 3. The Morgan fingerprint density at radius 1 is 0.419 bits per heavy atom. The van der Waals surface area contributed by atoms with Gasteiger partial charge in [0.1, 0.15) is 11.2 Å². The van der Waals surface area contributed by atoms with Crippen LogP contribution in [0.4, 0.5) is 17.1 Å². The predicted molar refractivity (Wildman–Crippen MR) is 184 cm³/mol. The van der Waals surface area contributed by atoms with Crippen LogP contribution in [0, 0.1) is 0 Å². The number of benzene rings is 7. The highest BCUT2D eigenvalue weighted by Gasteiger charge is 2.17. The average molecular weight is 568 g/mol. The first kappa shape index (κ1) is 24.2. The highest BCUT2D eigenvalue weighted by molar-refractivity contribution is 7.25. The summed E-state index contributed by atoms with van der Waals surface area (Å²) in [7, 11) is 0. The van der Waals surface area contributed by atoms with E-state index in [1.54, 1.807) is 0 Å². The SMILES string of the molecule is c1ccc(-c2ccc(N(c3ccc4c(ccc5oc6ccccc6c54)c3)c3ccc4sc5ccccc5c4c3)cc2)cc1. The van der Waals surface area contributed by atoms with E-state index in [0.717, 1.165) is 33.6 Å². The first-order chi connectivity index (χ1) is 21.3. The second-order valence-electron chi connectivity index (χ2n) is 11.0. The first-order valence-corrected chi connectivity index (χ1v) is 15.3. The number of thiophene rings is 1. The lowest BCUT2D eigenvalue weighted by Gasteiger charge is -2.26. The second kappa shape index (κ2) is 9.59. The van der Waals surface area contributed by atoms with Gasteiger partial charge in [-0.05, 0) is 82.6 Å². The maximum Gasteiger partial charge on any atom is 0.136 e. The van der Waals surface area contributed by atoms with Crippen molar-refractivity contribution in [3.05, 3.63) is 152 Å². The van der Waals surface area contributed by atoms with Crippen LogP contribution in [0.25, 0.3) is 64.0 Å². The number of hydrogen-bond acceptors (Lipinski definition) is 3. The van der Waals surface area contributed by atoms with Crippen molar-refractivity contribution in [3.8, 4) is 11.1 Å². The molecule has 9 aromatic rings.